The highest BCUT2D eigenvalue weighted by molar-refractivity contribution is 7.80. The van der Waals surface area contributed by atoms with Gasteiger partial charge in [-0.15, -0.1) is 0 Å². The van der Waals surface area contributed by atoms with Gasteiger partial charge >= 0.3 is 5.97 Å². The number of hydrogen-bond donors (Lipinski definition) is 3. The second-order valence-corrected chi connectivity index (χ2v) is 7.37. The topological polar surface area (TPSA) is 101 Å². The molecule has 8 nitrogen and oxygen atoms in total. The molecule has 0 fully saturated rings. The Bertz CT molecular complexity index is 1100. The zero-order valence-corrected chi connectivity index (χ0v) is 18.9. The monoisotopic (exact) mass is 470 g/mol. The van der Waals surface area contributed by atoms with Crippen molar-refractivity contribution in [2.45, 2.75) is 19.9 Å². The molecule has 3 N–H and O–H groups in total. The molecule has 1 amide bonds. The summed E-state index contributed by atoms with van der Waals surface area (Å²) >= 11 is 5.26. The third-order valence-electron chi connectivity index (χ3n) is 4.63. The zero-order chi connectivity index (χ0) is 23.8. The van der Waals surface area contributed by atoms with E-state index in [1.807, 2.05) is 0 Å². The van der Waals surface area contributed by atoms with Crippen LogP contribution in [0.4, 0.5) is 4.39 Å². The van der Waals surface area contributed by atoms with Crippen LogP contribution in [0.1, 0.15) is 31.0 Å². The third-order valence-corrected chi connectivity index (χ3v) is 4.85. The van der Waals surface area contributed by atoms with E-state index >= 15 is 0 Å². The molecule has 0 aliphatic carbocycles. The molecule has 3 rings (SSSR count). The van der Waals surface area contributed by atoms with Crippen molar-refractivity contribution in [2.75, 3.05) is 13.2 Å². The Labute approximate surface area is 195 Å². The molecule has 1 aliphatic rings. The summed E-state index contributed by atoms with van der Waals surface area (Å²) in [5, 5.41) is 10.2. The van der Waals surface area contributed by atoms with E-state index in [1.165, 1.54) is 30.5 Å². The number of benzene rings is 2. The van der Waals surface area contributed by atoms with Gasteiger partial charge in [-0.3, -0.25) is 4.79 Å². The van der Waals surface area contributed by atoms with Crippen molar-refractivity contribution < 1.29 is 23.5 Å². The lowest BCUT2D eigenvalue weighted by atomic mass is 9.95. The summed E-state index contributed by atoms with van der Waals surface area (Å²) in [5.74, 6) is -0.935. The lowest BCUT2D eigenvalue weighted by Crippen LogP contribution is -2.45. The molecule has 172 valence electrons. The number of thiocarbonyl (C=S) groups is 1. The van der Waals surface area contributed by atoms with Crippen LogP contribution in [0.5, 0.6) is 5.75 Å². The lowest BCUT2D eigenvalue weighted by molar-refractivity contribution is -0.139. The second-order valence-electron chi connectivity index (χ2n) is 6.96. The minimum absolute atomic E-state index is 0.226. The van der Waals surface area contributed by atoms with Gasteiger partial charge in [-0.1, -0.05) is 30.3 Å². The molecule has 0 spiro atoms. The van der Waals surface area contributed by atoms with E-state index in [4.69, 9.17) is 21.7 Å². The van der Waals surface area contributed by atoms with Crippen LogP contribution in [0.2, 0.25) is 0 Å². The second kappa shape index (κ2) is 11.2. The van der Waals surface area contributed by atoms with Crippen LogP contribution in [0.3, 0.4) is 0 Å². The highest BCUT2D eigenvalue weighted by Gasteiger charge is 2.32. The predicted octanol–water partition coefficient (Wildman–Crippen LogP) is 2.71. The standard InChI is InChI=1S/C23H23FN4O4S/c1-3-31-22(30)20-14(2)26-23(33)27-21(20)17-6-4-5-7-18(17)32-13-19(29)28-25-12-15-8-10-16(24)11-9-15/h4-12,21H,3,13H2,1-2H3,(H,28,29)(H2,26,27,33)/t21-/m1/s1. The number of halogens is 1. The first-order chi connectivity index (χ1) is 15.9. The maximum Gasteiger partial charge on any atom is 0.338 e. The smallest absolute Gasteiger partial charge is 0.338 e. The van der Waals surface area contributed by atoms with E-state index in [0.717, 1.165) is 0 Å². The van der Waals surface area contributed by atoms with Gasteiger partial charge in [0.05, 0.1) is 24.4 Å². The first-order valence-corrected chi connectivity index (χ1v) is 10.5. The van der Waals surface area contributed by atoms with Gasteiger partial charge in [-0.05, 0) is 49.8 Å². The molecule has 33 heavy (non-hydrogen) atoms. The zero-order valence-electron chi connectivity index (χ0n) is 18.1. The number of rotatable bonds is 8. The van der Waals surface area contributed by atoms with Gasteiger partial charge < -0.3 is 20.1 Å². The van der Waals surface area contributed by atoms with Crippen molar-refractivity contribution in [1.29, 1.82) is 0 Å². The van der Waals surface area contributed by atoms with Crippen molar-refractivity contribution in [1.82, 2.24) is 16.1 Å². The van der Waals surface area contributed by atoms with Gasteiger partial charge in [-0.2, -0.15) is 5.10 Å². The molecular weight excluding hydrogens is 447 g/mol. The molecular formula is C23H23FN4O4S. The number of allylic oxidation sites excluding steroid dienone is 1. The number of nitrogens with one attached hydrogen (secondary N) is 3. The molecule has 1 atom stereocenters. The van der Waals surface area contributed by atoms with Gasteiger partial charge in [0.1, 0.15) is 11.6 Å². The van der Waals surface area contributed by atoms with Gasteiger partial charge in [0, 0.05) is 11.3 Å². The van der Waals surface area contributed by atoms with E-state index in [1.54, 1.807) is 38.1 Å². The fourth-order valence-corrected chi connectivity index (χ4v) is 3.43. The fourth-order valence-electron chi connectivity index (χ4n) is 3.16. The van der Waals surface area contributed by atoms with E-state index in [9.17, 15) is 14.0 Å². The number of carbonyl (C=O) groups is 2. The Hall–Kier alpha value is -3.79. The van der Waals surface area contributed by atoms with Crippen LogP contribution in [-0.2, 0) is 14.3 Å². The van der Waals surface area contributed by atoms with E-state index in [-0.39, 0.29) is 19.0 Å². The molecule has 0 aromatic heterocycles. The third kappa shape index (κ3) is 6.36. The quantitative estimate of drug-likeness (QED) is 0.236. The largest absolute Gasteiger partial charge is 0.483 e. The van der Waals surface area contributed by atoms with Crippen LogP contribution < -0.4 is 20.8 Å². The molecule has 2 aromatic rings. The van der Waals surface area contributed by atoms with E-state index < -0.39 is 17.9 Å². The number of amides is 1. The van der Waals surface area contributed by atoms with Gasteiger partial charge in [-0.25, -0.2) is 14.6 Å². The van der Waals surface area contributed by atoms with Crippen molar-refractivity contribution >= 4 is 35.4 Å². The molecule has 2 aromatic carbocycles. The van der Waals surface area contributed by atoms with E-state index in [2.05, 4.69) is 21.2 Å². The Morgan fingerprint density at radius 1 is 1.21 bits per heavy atom. The highest BCUT2D eigenvalue weighted by atomic mass is 32.1. The lowest BCUT2D eigenvalue weighted by Gasteiger charge is -2.30. The molecule has 0 saturated heterocycles. The van der Waals surface area contributed by atoms with Crippen molar-refractivity contribution in [3.8, 4) is 5.75 Å². The number of nitrogens with zero attached hydrogens (tertiary/aromatic N) is 1. The van der Waals surface area contributed by atoms with Crippen LogP contribution >= 0.6 is 12.2 Å². The molecule has 0 radical (unpaired) electrons. The molecule has 10 heteroatoms. The summed E-state index contributed by atoms with van der Waals surface area (Å²) in [6.45, 7) is 3.38. The first-order valence-electron chi connectivity index (χ1n) is 10.1. The Balaban J connectivity index is 1.71. The Kier molecular flexibility index (Phi) is 8.09. The van der Waals surface area contributed by atoms with Crippen molar-refractivity contribution in [3.63, 3.8) is 0 Å². The summed E-state index contributed by atoms with van der Waals surface area (Å²) in [7, 11) is 0. The molecule has 1 aliphatic heterocycles. The SMILES string of the molecule is CCOC(=O)C1=C(C)NC(=S)N[C@@H]1c1ccccc1OCC(=O)NN=Cc1ccc(F)cc1. The van der Waals surface area contributed by atoms with Crippen LogP contribution in [-0.4, -0.2) is 36.4 Å². The van der Waals surface area contributed by atoms with E-state index in [0.29, 0.717) is 33.3 Å². The summed E-state index contributed by atoms with van der Waals surface area (Å²) < 4.78 is 23.9. The van der Waals surface area contributed by atoms with Crippen LogP contribution in [0.25, 0.3) is 0 Å². The average molecular weight is 471 g/mol. The highest BCUT2D eigenvalue weighted by Crippen LogP contribution is 2.33. The number of hydrazone groups is 1. The van der Waals surface area contributed by atoms with Gasteiger partial charge in [0.25, 0.3) is 5.91 Å². The van der Waals surface area contributed by atoms with Crippen molar-refractivity contribution in [3.05, 3.63) is 76.7 Å². The maximum absolute atomic E-state index is 12.9. The molecule has 0 unspecified atom stereocenters. The summed E-state index contributed by atoms with van der Waals surface area (Å²) in [6, 6.07) is 12.1. The fraction of sp³-hybridized carbons (Fsp3) is 0.217. The predicted molar refractivity (Wildman–Crippen MR) is 125 cm³/mol. The van der Waals surface area contributed by atoms with Gasteiger partial charge in [0.15, 0.2) is 11.7 Å². The Morgan fingerprint density at radius 2 is 1.94 bits per heavy atom. The summed E-state index contributed by atoms with van der Waals surface area (Å²) in [6.07, 6.45) is 1.39. The number of carbonyl (C=O) groups excluding carboxylic acids is 2. The first kappa shape index (κ1) is 23.9. The molecule has 0 bridgehead atoms. The summed E-state index contributed by atoms with van der Waals surface area (Å²) in [4.78, 5) is 24.8. The number of para-hydroxylation sites is 1. The normalized spacial score (nSPS) is 15.6. The van der Waals surface area contributed by atoms with Crippen LogP contribution in [0, 0.1) is 5.82 Å². The summed E-state index contributed by atoms with van der Waals surface area (Å²) in [5.41, 5.74) is 4.55. The number of ether oxygens (including phenoxy) is 2. The average Bonchev–Trinajstić information content (AvgIpc) is 2.79. The Morgan fingerprint density at radius 3 is 2.67 bits per heavy atom. The maximum atomic E-state index is 12.9. The molecule has 0 saturated carbocycles. The minimum atomic E-state index is -0.617. The van der Waals surface area contributed by atoms with Crippen molar-refractivity contribution in [2.24, 2.45) is 5.10 Å². The number of esters is 1. The molecule has 1 heterocycles. The minimum Gasteiger partial charge on any atom is -0.483 e. The van der Waals surface area contributed by atoms with Crippen LogP contribution in [0.15, 0.2) is 64.9 Å². The number of hydrogen-bond acceptors (Lipinski definition) is 6. The van der Waals surface area contributed by atoms with Gasteiger partial charge in [0.2, 0.25) is 0 Å².